The van der Waals surface area contributed by atoms with Crippen molar-refractivity contribution >= 4 is 22.0 Å². The predicted octanol–water partition coefficient (Wildman–Crippen LogP) is 3.22. The van der Waals surface area contributed by atoms with E-state index in [9.17, 15) is 9.18 Å². The average molecular weight is 270 g/mol. The molecule has 78 valence electrons. The van der Waals surface area contributed by atoms with Crippen LogP contribution in [0, 0.1) is 12.7 Å². The van der Waals surface area contributed by atoms with Crippen molar-refractivity contribution in [2.24, 2.45) is 4.99 Å². The highest BCUT2D eigenvalue weighted by Gasteiger charge is 2.48. The minimum atomic E-state index is -0.656. The number of isocyanates is 1. The van der Waals surface area contributed by atoms with Gasteiger partial charge in [-0.15, -0.1) is 0 Å². The fourth-order valence-electron chi connectivity index (χ4n) is 1.71. The molecule has 0 unspecified atom stereocenters. The number of halogens is 2. The van der Waals surface area contributed by atoms with Gasteiger partial charge in [0.05, 0.1) is 0 Å². The van der Waals surface area contributed by atoms with Gasteiger partial charge in [0.2, 0.25) is 6.08 Å². The molecule has 1 saturated carbocycles. The second-order valence-electron chi connectivity index (χ2n) is 3.79. The normalized spacial score (nSPS) is 17.0. The lowest BCUT2D eigenvalue weighted by molar-refractivity contribution is 0.546. The van der Waals surface area contributed by atoms with Crippen molar-refractivity contribution in [3.63, 3.8) is 0 Å². The molecule has 1 aliphatic rings. The second kappa shape index (κ2) is 3.54. The summed E-state index contributed by atoms with van der Waals surface area (Å²) in [6, 6.07) is 3.11. The first-order valence-electron chi connectivity index (χ1n) is 4.65. The molecule has 2 nitrogen and oxygen atoms in total. The fraction of sp³-hybridized carbons (Fsp3) is 0.364. The third-order valence-electron chi connectivity index (χ3n) is 2.73. The molecule has 0 radical (unpaired) electrons. The number of aryl methyl sites for hydroxylation is 1. The summed E-state index contributed by atoms with van der Waals surface area (Å²) in [6.45, 7) is 1.88. The zero-order chi connectivity index (χ0) is 11.1. The lowest BCUT2D eigenvalue weighted by Gasteiger charge is -2.13. The number of hydrogen-bond donors (Lipinski definition) is 0. The van der Waals surface area contributed by atoms with Crippen molar-refractivity contribution < 1.29 is 9.18 Å². The van der Waals surface area contributed by atoms with E-state index in [1.54, 1.807) is 6.07 Å². The van der Waals surface area contributed by atoms with Crippen LogP contribution in [0.2, 0.25) is 0 Å². The maximum Gasteiger partial charge on any atom is 0.235 e. The van der Waals surface area contributed by atoms with Gasteiger partial charge in [-0.25, -0.2) is 9.18 Å². The Hall–Kier alpha value is -0.990. The number of hydrogen-bond acceptors (Lipinski definition) is 2. The molecule has 0 amide bonds. The molecule has 0 heterocycles. The first kappa shape index (κ1) is 10.5. The average Bonchev–Trinajstić information content (AvgIpc) is 2.94. The quantitative estimate of drug-likeness (QED) is 0.599. The highest BCUT2D eigenvalue weighted by molar-refractivity contribution is 9.10. The van der Waals surface area contributed by atoms with Crippen LogP contribution in [0.25, 0.3) is 0 Å². The van der Waals surface area contributed by atoms with Gasteiger partial charge in [0, 0.05) is 10.0 Å². The van der Waals surface area contributed by atoms with Gasteiger partial charge >= 0.3 is 0 Å². The zero-order valence-electron chi connectivity index (χ0n) is 8.18. The summed E-state index contributed by atoms with van der Waals surface area (Å²) in [5, 5.41) is 0. The standard InChI is InChI=1S/C11H9BrFNO/c1-7-2-3-8(13)9(10(7)12)11(4-5-11)14-6-15/h2-3H,4-5H2,1H3. The van der Waals surface area contributed by atoms with Crippen LogP contribution in [-0.4, -0.2) is 6.08 Å². The molecule has 0 aliphatic heterocycles. The van der Waals surface area contributed by atoms with Gasteiger partial charge in [-0.05, 0) is 31.4 Å². The van der Waals surface area contributed by atoms with Crippen LogP contribution in [0.3, 0.4) is 0 Å². The Kier molecular flexibility index (Phi) is 2.49. The molecule has 1 fully saturated rings. The van der Waals surface area contributed by atoms with Crippen molar-refractivity contribution in [2.75, 3.05) is 0 Å². The Morgan fingerprint density at radius 3 is 2.73 bits per heavy atom. The van der Waals surface area contributed by atoms with Crippen LogP contribution in [-0.2, 0) is 10.3 Å². The Balaban J connectivity index is 2.62. The molecule has 15 heavy (non-hydrogen) atoms. The number of rotatable bonds is 2. The Labute approximate surface area is 95.3 Å². The first-order valence-corrected chi connectivity index (χ1v) is 5.44. The number of carbonyl (C=O) groups excluding carboxylic acids is 1. The molecule has 1 aromatic rings. The van der Waals surface area contributed by atoms with E-state index < -0.39 is 5.54 Å². The third kappa shape index (κ3) is 1.64. The summed E-state index contributed by atoms with van der Waals surface area (Å²) >= 11 is 3.35. The molecular formula is C11H9BrFNO. The molecule has 1 aliphatic carbocycles. The molecule has 1 aromatic carbocycles. The lowest BCUT2D eigenvalue weighted by atomic mass is 10.0. The monoisotopic (exact) mass is 269 g/mol. The second-order valence-corrected chi connectivity index (χ2v) is 4.58. The van der Waals surface area contributed by atoms with Crippen molar-refractivity contribution in [3.05, 3.63) is 33.5 Å². The summed E-state index contributed by atoms with van der Waals surface area (Å²) in [7, 11) is 0. The SMILES string of the molecule is Cc1ccc(F)c(C2(N=C=O)CC2)c1Br. The Bertz CT molecular complexity index is 462. The van der Waals surface area contributed by atoms with Crippen LogP contribution in [0.15, 0.2) is 21.6 Å². The summed E-state index contributed by atoms with van der Waals surface area (Å²) in [4.78, 5) is 14.0. The van der Waals surface area contributed by atoms with Gasteiger partial charge in [-0.2, -0.15) is 4.99 Å². The predicted molar refractivity (Wildman–Crippen MR) is 57.9 cm³/mol. The van der Waals surface area contributed by atoms with Crippen LogP contribution < -0.4 is 0 Å². The number of aliphatic imine (C=N–C) groups is 1. The summed E-state index contributed by atoms with van der Waals surface area (Å²) in [5.74, 6) is -0.316. The molecule has 0 spiro atoms. The van der Waals surface area contributed by atoms with Gasteiger partial charge in [0.15, 0.2) is 0 Å². The van der Waals surface area contributed by atoms with Crippen LogP contribution in [0.5, 0.6) is 0 Å². The molecule has 0 atom stereocenters. The van der Waals surface area contributed by atoms with E-state index in [0.717, 1.165) is 5.56 Å². The van der Waals surface area contributed by atoms with E-state index in [1.165, 1.54) is 12.1 Å². The van der Waals surface area contributed by atoms with E-state index in [2.05, 4.69) is 20.9 Å². The topological polar surface area (TPSA) is 29.4 Å². The van der Waals surface area contributed by atoms with Crippen molar-refractivity contribution in [2.45, 2.75) is 25.3 Å². The van der Waals surface area contributed by atoms with Gasteiger partial charge in [0.1, 0.15) is 11.4 Å². The largest absolute Gasteiger partial charge is 0.235 e. The maximum atomic E-state index is 13.7. The minimum Gasteiger partial charge on any atom is -0.211 e. The van der Waals surface area contributed by atoms with E-state index in [4.69, 9.17) is 0 Å². The Morgan fingerprint density at radius 2 is 2.20 bits per heavy atom. The van der Waals surface area contributed by atoms with Crippen LogP contribution >= 0.6 is 15.9 Å². The molecule has 0 aromatic heterocycles. The maximum absolute atomic E-state index is 13.7. The summed E-state index contributed by atoms with van der Waals surface area (Å²) in [6.07, 6.45) is 2.95. The highest BCUT2D eigenvalue weighted by Crippen LogP contribution is 2.52. The van der Waals surface area contributed by atoms with Crippen molar-refractivity contribution in [1.29, 1.82) is 0 Å². The van der Waals surface area contributed by atoms with Gasteiger partial charge in [-0.1, -0.05) is 22.0 Å². The van der Waals surface area contributed by atoms with E-state index in [-0.39, 0.29) is 5.82 Å². The molecule has 2 rings (SSSR count). The van der Waals surface area contributed by atoms with Gasteiger partial charge in [-0.3, -0.25) is 0 Å². The van der Waals surface area contributed by atoms with Crippen molar-refractivity contribution in [3.8, 4) is 0 Å². The summed E-state index contributed by atoms with van der Waals surface area (Å²) < 4.78 is 14.4. The van der Waals surface area contributed by atoms with Crippen LogP contribution in [0.4, 0.5) is 4.39 Å². The van der Waals surface area contributed by atoms with E-state index >= 15 is 0 Å². The van der Waals surface area contributed by atoms with Gasteiger partial charge in [0.25, 0.3) is 0 Å². The number of nitrogens with zero attached hydrogens (tertiary/aromatic N) is 1. The Morgan fingerprint density at radius 1 is 1.53 bits per heavy atom. The van der Waals surface area contributed by atoms with E-state index in [1.807, 2.05) is 6.92 Å². The first-order chi connectivity index (χ1) is 7.10. The summed E-state index contributed by atoms with van der Waals surface area (Å²) in [5.41, 5.74) is 0.779. The minimum absolute atomic E-state index is 0.316. The lowest BCUT2D eigenvalue weighted by Crippen LogP contribution is -2.07. The third-order valence-corrected chi connectivity index (χ3v) is 3.75. The molecule has 4 heteroatoms. The molecule has 0 bridgehead atoms. The molecule has 0 N–H and O–H groups in total. The fourth-order valence-corrected chi connectivity index (χ4v) is 2.40. The molecular weight excluding hydrogens is 261 g/mol. The smallest absolute Gasteiger partial charge is 0.211 e. The highest BCUT2D eigenvalue weighted by atomic mass is 79.9. The van der Waals surface area contributed by atoms with Crippen molar-refractivity contribution in [1.82, 2.24) is 0 Å². The molecule has 0 saturated heterocycles. The zero-order valence-corrected chi connectivity index (χ0v) is 9.77. The number of benzene rings is 1. The van der Waals surface area contributed by atoms with Gasteiger partial charge < -0.3 is 0 Å². The van der Waals surface area contributed by atoms with Crippen LogP contribution in [0.1, 0.15) is 24.0 Å². The van der Waals surface area contributed by atoms with E-state index in [0.29, 0.717) is 22.9 Å².